The van der Waals surface area contributed by atoms with Gasteiger partial charge >= 0.3 is 23.0 Å². The van der Waals surface area contributed by atoms with Crippen LogP contribution in [0.15, 0.2) is 0 Å². The maximum atomic E-state index is 11.2. The Labute approximate surface area is 96.0 Å². The first-order chi connectivity index (χ1) is 8.05. The van der Waals surface area contributed by atoms with Crippen LogP contribution in [0.5, 0.6) is 0 Å². The van der Waals surface area contributed by atoms with E-state index >= 15 is 0 Å². The maximum Gasteiger partial charge on any atom is 0.541 e. The highest BCUT2D eigenvalue weighted by molar-refractivity contribution is 6.05. The number of ketones is 1. The summed E-state index contributed by atoms with van der Waals surface area (Å²) in [4.78, 5) is 47.0. The number of hydrogen-bond acceptors (Lipinski definition) is 9. The smallest absolute Gasteiger partial charge is 0.281 e. The van der Waals surface area contributed by atoms with Crippen molar-refractivity contribution in [3.8, 4) is 0 Å². The molecule has 0 aromatic carbocycles. The Morgan fingerprint density at radius 3 is 1.50 bits per heavy atom. The van der Waals surface area contributed by atoms with Crippen LogP contribution in [0.2, 0.25) is 0 Å². The predicted octanol–water partition coefficient (Wildman–Crippen LogP) is -1.30. The number of hydrogen-bond donors (Lipinski definition) is 0. The third-order valence-corrected chi connectivity index (χ3v) is 2.79. The number of nitrogens with zero attached hydrogens (tertiary/aromatic N) is 4. The van der Waals surface area contributed by atoms with Gasteiger partial charge in [0.25, 0.3) is 0 Å². The molecule has 0 N–H and O–H groups in total. The van der Waals surface area contributed by atoms with Crippen molar-refractivity contribution in [3.05, 3.63) is 40.5 Å². The van der Waals surface area contributed by atoms with Gasteiger partial charge in [-0.15, -0.1) is 0 Å². The van der Waals surface area contributed by atoms with Crippen LogP contribution < -0.4 is 0 Å². The zero-order chi connectivity index (χ0) is 14.5. The molecule has 0 heterocycles. The van der Waals surface area contributed by atoms with E-state index in [0.717, 1.165) is 0 Å². The first kappa shape index (κ1) is 13.3. The molecule has 1 rings (SSSR count). The molecule has 1 aliphatic rings. The van der Waals surface area contributed by atoms with E-state index in [1.165, 1.54) is 0 Å². The van der Waals surface area contributed by atoms with Gasteiger partial charge in [0.05, 0.1) is 16.8 Å². The molecule has 18 heavy (non-hydrogen) atoms. The summed E-state index contributed by atoms with van der Waals surface area (Å²) in [5, 5.41) is 42.2. The Balaban J connectivity index is 3.41. The molecule has 1 saturated carbocycles. The molecule has 0 amide bonds. The highest BCUT2D eigenvalue weighted by Gasteiger charge is 3.01. The molecule has 98 valence electrons. The zero-order valence-electron chi connectivity index (χ0n) is 8.54. The minimum atomic E-state index is -3.51. The Morgan fingerprint density at radius 1 is 1.00 bits per heavy atom. The molecule has 0 aliphatic heterocycles. The molecule has 0 saturated heterocycles. The minimum absolute atomic E-state index is 0.324. The molecule has 13 heteroatoms. The average Bonchev–Trinajstić information content (AvgIpc) is 2.84. The highest BCUT2D eigenvalue weighted by atomic mass is 16.7. The summed E-state index contributed by atoms with van der Waals surface area (Å²) in [7, 11) is 0. The highest BCUT2D eigenvalue weighted by Crippen LogP contribution is 2.50. The molecular formula is C5H4N4O9. The summed E-state index contributed by atoms with van der Waals surface area (Å²) in [5.74, 6) is -4.30. The van der Waals surface area contributed by atoms with Crippen LogP contribution in [0.1, 0.15) is 6.92 Å². The van der Waals surface area contributed by atoms with E-state index in [9.17, 15) is 45.3 Å². The lowest BCUT2D eigenvalue weighted by atomic mass is 10.1. The molecule has 0 spiro atoms. The topological polar surface area (TPSA) is 190 Å². The van der Waals surface area contributed by atoms with Crippen LogP contribution >= 0.6 is 0 Å². The molecule has 1 unspecified atom stereocenters. The Morgan fingerprint density at radius 2 is 1.33 bits per heavy atom. The van der Waals surface area contributed by atoms with E-state index in [-0.39, 0.29) is 0 Å². The lowest BCUT2D eigenvalue weighted by molar-refractivity contribution is -0.823. The SMILES string of the molecule is CC(C1C(=O)C1([N+](=O)[O-])[N+](=O)[O-])([N+](=O)[O-])[N+](=O)[O-]. The first-order valence-corrected chi connectivity index (χ1v) is 4.18. The normalized spacial score (nSPS) is 21.2. The van der Waals surface area contributed by atoms with Crippen molar-refractivity contribution in [2.45, 2.75) is 18.2 Å². The number of carbonyl (C=O) groups is 1. The van der Waals surface area contributed by atoms with Crippen LogP contribution in [0.3, 0.4) is 0 Å². The Hall–Kier alpha value is -2.73. The van der Waals surface area contributed by atoms with E-state index in [4.69, 9.17) is 0 Å². The fourth-order valence-corrected chi connectivity index (χ4v) is 1.65. The van der Waals surface area contributed by atoms with Crippen LogP contribution in [-0.4, -0.2) is 36.8 Å². The van der Waals surface area contributed by atoms with Gasteiger partial charge in [-0.3, -0.25) is 45.3 Å². The van der Waals surface area contributed by atoms with Crippen molar-refractivity contribution in [1.29, 1.82) is 0 Å². The second kappa shape index (κ2) is 3.38. The lowest BCUT2D eigenvalue weighted by Gasteiger charge is -2.09. The van der Waals surface area contributed by atoms with Gasteiger partial charge in [-0.25, -0.2) is 0 Å². The summed E-state index contributed by atoms with van der Waals surface area (Å²) in [6, 6.07) is 0. The fraction of sp³-hybridized carbons (Fsp3) is 0.800. The van der Waals surface area contributed by atoms with Crippen molar-refractivity contribution < 1.29 is 24.5 Å². The quantitative estimate of drug-likeness (QED) is 0.330. The van der Waals surface area contributed by atoms with Gasteiger partial charge in [-0.2, -0.15) is 0 Å². The largest absolute Gasteiger partial charge is 0.541 e. The molecule has 0 aromatic rings. The van der Waals surface area contributed by atoms with Gasteiger partial charge in [-0.05, 0) is 0 Å². The third kappa shape index (κ3) is 1.17. The predicted molar refractivity (Wildman–Crippen MR) is 47.6 cm³/mol. The average molecular weight is 264 g/mol. The second-order valence-electron chi connectivity index (χ2n) is 3.65. The summed E-state index contributed by atoms with van der Waals surface area (Å²) in [6.45, 7) is 0.324. The van der Waals surface area contributed by atoms with Gasteiger partial charge in [0.2, 0.25) is 0 Å². The first-order valence-electron chi connectivity index (χ1n) is 4.18. The molecule has 0 aromatic heterocycles. The van der Waals surface area contributed by atoms with Crippen molar-refractivity contribution >= 4 is 5.78 Å². The molecule has 0 radical (unpaired) electrons. The standard InChI is InChI=1S/C5H4N4O9/c1-4(6(11)12,7(13)14)2-3(10)5(2,8(15)16)9(17)18/h2H,1H3. The maximum absolute atomic E-state index is 11.2. The monoisotopic (exact) mass is 264 g/mol. The molecular weight excluding hydrogens is 260 g/mol. The van der Waals surface area contributed by atoms with E-state index < -0.39 is 42.7 Å². The van der Waals surface area contributed by atoms with Gasteiger partial charge in [0, 0.05) is 0 Å². The minimum Gasteiger partial charge on any atom is -0.281 e. The summed E-state index contributed by atoms with van der Waals surface area (Å²) in [5.41, 5.74) is -6.81. The van der Waals surface area contributed by atoms with Crippen molar-refractivity contribution in [1.82, 2.24) is 0 Å². The van der Waals surface area contributed by atoms with E-state index in [1.54, 1.807) is 0 Å². The molecule has 1 atom stereocenters. The van der Waals surface area contributed by atoms with Crippen LogP contribution in [0.4, 0.5) is 0 Å². The van der Waals surface area contributed by atoms with Crippen molar-refractivity contribution in [2.75, 3.05) is 0 Å². The Bertz CT molecular complexity index is 469. The number of Topliss-reactive ketones (excluding diaryl/α,β-unsaturated/α-hetero) is 1. The van der Waals surface area contributed by atoms with E-state index in [1.807, 2.05) is 0 Å². The summed E-state index contributed by atoms with van der Waals surface area (Å²) < 4.78 is 0. The third-order valence-electron chi connectivity index (χ3n) is 2.79. The molecule has 1 fully saturated rings. The summed E-state index contributed by atoms with van der Waals surface area (Å²) >= 11 is 0. The molecule has 0 bridgehead atoms. The number of rotatable bonds is 5. The van der Waals surface area contributed by atoms with Gasteiger partial charge in [0.1, 0.15) is 9.85 Å². The van der Waals surface area contributed by atoms with E-state index in [2.05, 4.69) is 0 Å². The van der Waals surface area contributed by atoms with Crippen LogP contribution in [0, 0.1) is 46.4 Å². The van der Waals surface area contributed by atoms with E-state index in [0.29, 0.717) is 6.92 Å². The number of nitro groups is 4. The molecule has 1 aliphatic carbocycles. The van der Waals surface area contributed by atoms with Crippen molar-refractivity contribution in [2.24, 2.45) is 5.92 Å². The van der Waals surface area contributed by atoms with Gasteiger partial charge in [0.15, 0.2) is 0 Å². The molecule has 13 nitrogen and oxygen atoms in total. The van der Waals surface area contributed by atoms with Crippen LogP contribution in [0.25, 0.3) is 0 Å². The lowest BCUT2D eigenvalue weighted by Crippen LogP contribution is -2.50. The van der Waals surface area contributed by atoms with Gasteiger partial charge in [-0.1, -0.05) is 0 Å². The number of carbonyl (C=O) groups excluding carboxylic acids is 1. The Kier molecular flexibility index (Phi) is 2.50. The van der Waals surface area contributed by atoms with Crippen LogP contribution in [-0.2, 0) is 4.79 Å². The zero-order valence-corrected chi connectivity index (χ0v) is 8.54. The summed E-state index contributed by atoms with van der Waals surface area (Å²) in [6.07, 6.45) is 0. The second-order valence-corrected chi connectivity index (χ2v) is 3.65. The van der Waals surface area contributed by atoms with Gasteiger partial charge < -0.3 is 0 Å². The van der Waals surface area contributed by atoms with Crippen molar-refractivity contribution in [3.63, 3.8) is 0 Å². The fourth-order valence-electron chi connectivity index (χ4n) is 1.65.